The van der Waals surface area contributed by atoms with Gasteiger partial charge in [-0.1, -0.05) is 48.5 Å². The molecule has 0 unspecified atom stereocenters. The summed E-state index contributed by atoms with van der Waals surface area (Å²) in [5.41, 5.74) is 10.3. The Morgan fingerprint density at radius 3 is 2.65 bits per heavy atom. The van der Waals surface area contributed by atoms with Gasteiger partial charge in [-0.2, -0.15) is 0 Å². The van der Waals surface area contributed by atoms with Gasteiger partial charge in [0.1, 0.15) is 30.2 Å². The van der Waals surface area contributed by atoms with Crippen LogP contribution >= 0.6 is 0 Å². The summed E-state index contributed by atoms with van der Waals surface area (Å²) in [6, 6.07) is 20.9. The summed E-state index contributed by atoms with van der Waals surface area (Å²) in [4.78, 5) is 12.3. The fourth-order valence-corrected chi connectivity index (χ4v) is 4.96. The maximum atomic E-state index is 10.7. The van der Waals surface area contributed by atoms with E-state index in [1.165, 1.54) is 29.1 Å². The van der Waals surface area contributed by atoms with Crippen LogP contribution in [0.5, 0.6) is 0 Å². The van der Waals surface area contributed by atoms with E-state index in [9.17, 15) is 10.2 Å². The van der Waals surface area contributed by atoms with Crippen molar-refractivity contribution in [1.29, 1.82) is 0 Å². The van der Waals surface area contributed by atoms with Gasteiger partial charge >= 0.3 is 0 Å². The normalized spacial score (nSPS) is 21.8. The van der Waals surface area contributed by atoms with Gasteiger partial charge in [0.25, 0.3) is 0 Å². The molecule has 0 aliphatic carbocycles. The van der Waals surface area contributed by atoms with Crippen LogP contribution in [0.15, 0.2) is 73.3 Å². The average molecular weight is 501 g/mol. The number of para-hydroxylation sites is 1. The number of nitrogens with two attached hydrogens (primary N) is 1. The summed E-state index contributed by atoms with van der Waals surface area (Å²) in [6.07, 6.45) is -0.362. The third-order valence-corrected chi connectivity index (χ3v) is 6.86. The zero-order chi connectivity index (χ0) is 25.4. The molecule has 1 aliphatic heterocycles. The van der Waals surface area contributed by atoms with Crippen molar-refractivity contribution < 1.29 is 19.7 Å². The molecule has 6 rings (SSSR count). The molecule has 1 fully saturated rings. The molecule has 4 N–H and O–H groups in total. The minimum Gasteiger partial charge on any atom is -0.387 e. The first-order valence-corrected chi connectivity index (χ1v) is 12.2. The van der Waals surface area contributed by atoms with Crippen molar-refractivity contribution in [1.82, 2.24) is 24.1 Å². The van der Waals surface area contributed by atoms with Crippen LogP contribution in [0.25, 0.3) is 22.1 Å². The van der Waals surface area contributed by atoms with Gasteiger partial charge in [0.15, 0.2) is 17.7 Å². The largest absolute Gasteiger partial charge is 0.387 e. The molecule has 190 valence electrons. The number of benzene rings is 2. The molecule has 2 aromatic carbocycles. The minimum absolute atomic E-state index is 0.136. The van der Waals surface area contributed by atoms with Crippen LogP contribution in [-0.4, -0.2) is 65.8 Å². The van der Waals surface area contributed by atoms with Crippen LogP contribution in [0.3, 0.4) is 0 Å². The van der Waals surface area contributed by atoms with Crippen molar-refractivity contribution in [2.45, 2.75) is 37.5 Å². The number of nitrogen functional groups attached to an aromatic ring is 1. The quantitative estimate of drug-likeness (QED) is 0.276. The molecule has 5 aromatic rings. The highest BCUT2D eigenvalue weighted by atomic mass is 16.6. The molecule has 0 amide bonds. The standard InChI is InChI=1S/C27H28N6O4/c28-25-22-26(30-15-29-25)33(16-31-22)27-24(35)23(34)21(37-27)14-36-11-10-19-12-18-8-4-5-9-20(18)32(19)13-17-6-2-1-3-7-17/h1-9,12,15-16,21,23-24,27,34-35H,10-11,13-14H2,(H2,28,29,30)/t21-,23-,24-,27-/m1/s1. The maximum Gasteiger partial charge on any atom is 0.167 e. The van der Waals surface area contributed by atoms with E-state index in [2.05, 4.69) is 55.9 Å². The van der Waals surface area contributed by atoms with Gasteiger partial charge in [0, 0.05) is 24.2 Å². The lowest BCUT2D eigenvalue weighted by atomic mass is 10.1. The van der Waals surface area contributed by atoms with Gasteiger partial charge in [-0.3, -0.25) is 4.57 Å². The molecule has 0 spiro atoms. The summed E-state index contributed by atoms with van der Waals surface area (Å²) in [5.74, 6) is 0.237. The zero-order valence-corrected chi connectivity index (χ0v) is 20.1. The fraction of sp³-hybridized carbons (Fsp3) is 0.296. The molecule has 3 aromatic heterocycles. The summed E-state index contributed by atoms with van der Waals surface area (Å²) >= 11 is 0. The second-order valence-corrected chi connectivity index (χ2v) is 9.22. The minimum atomic E-state index is -1.17. The highest BCUT2D eigenvalue weighted by molar-refractivity contribution is 5.82. The predicted molar refractivity (Wildman–Crippen MR) is 138 cm³/mol. The van der Waals surface area contributed by atoms with E-state index in [-0.39, 0.29) is 12.4 Å². The lowest BCUT2D eigenvalue weighted by Gasteiger charge is -2.16. The lowest BCUT2D eigenvalue weighted by Crippen LogP contribution is -2.34. The zero-order valence-electron chi connectivity index (χ0n) is 20.1. The van der Waals surface area contributed by atoms with Crippen LogP contribution < -0.4 is 5.73 Å². The van der Waals surface area contributed by atoms with Crippen molar-refractivity contribution in [2.24, 2.45) is 0 Å². The summed E-state index contributed by atoms with van der Waals surface area (Å²) in [6.45, 7) is 1.35. The molecule has 4 atom stereocenters. The number of fused-ring (bicyclic) bond motifs is 2. The Hall–Kier alpha value is -3.83. The number of aliphatic hydroxyl groups is 2. The number of imidazole rings is 1. The maximum absolute atomic E-state index is 10.7. The topological polar surface area (TPSA) is 133 Å². The first-order valence-electron chi connectivity index (χ1n) is 12.2. The Bertz CT molecular complexity index is 1520. The molecule has 0 bridgehead atoms. The van der Waals surface area contributed by atoms with Crippen LogP contribution in [0, 0.1) is 0 Å². The third-order valence-electron chi connectivity index (χ3n) is 6.86. The van der Waals surface area contributed by atoms with Crippen molar-refractivity contribution in [3.63, 3.8) is 0 Å². The summed E-state index contributed by atoms with van der Waals surface area (Å²) < 4.78 is 15.8. The van der Waals surface area contributed by atoms with E-state index < -0.39 is 24.5 Å². The van der Waals surface area contributed by atoms with E-state index >= 15 is 0 Å². The van der Waals surface area contributed by atoms with E-state index in [1.54, 1.807) is 4.57 Å². The van der Waals surface area contributed by atoms with Crippen LogP contribution in [-0.2, 0) is 22.4 Å². The Balaban J connectivity index is 1.12. The number of nitrogens with zero attached hydrogens (tertiary/aromatic N) is 5. The fourth-order valence-electron chi connectivity index (χ4n) is 4.96. The molecule has 37 heavy (non-hydrogen) atoms. The van der Waals surface area contributed by atoms with Gasteiger partial charge < -0.3 is 30.0 Å². The van der Waals surface area contributed by atoms with Crippen molar-refractivity contribution >= 4 is 27.9 Å². The lowest BCUT2D eigenvalue weighted by molar-refractivity contribution is -0.0651. The molecular weight excluding hydrogens is 472 g/mol. The smallest absolute Gasteiger partial charge is 0.167 e. The molecule has 10 nitrogen and oxygen atoms in total. The second-order valence-electron chi connectivity index (χ2n) is 9.22. The van der Waals surface area contributed by atoms with Crippen molar-refractivity contribution in [2.75, 3.05) is 18.9 Å². The average Bonchev–Trinajstić information content (AvgIpc) is 3.58. The summed E-state index contributed by atoms with van der Waals surface area (Å²) in [7, 11) is 0. The Morgan fingerprint density at radius 2 is 1.78 bits per heavy atom. The van der Waals surface area contributed by atoms with E-state index in [0.29, 0.717) is 24.2 Å². The number of ether oxygens (including phenoxy) is 2. The number of anilines is 1. The van der Waals surface area contributed by atoms with Gasteiger partial charge in [0.05, 0.1) is 19.5 Å². The number of aromatic nitrogens is 5. The van der Waals surface area contributed by atoms with Gasteiger partial charge in [-0.05, 0) is 23.1 Å². The van der Waals surface area contributed by atoms with Gasteiger partial charge in [0.2, 0.25) is 0 Å². The van der Waals surface area contributed by atoms with Gasteiger partial charge in [-0.25, -0.2) is 15.0 Å². The molecule has 4 heterocycles. The molecule has 1 saturated heterocycles. The SMILES string of the molecule is Nc1ncnc2c1ncn2[C@@H]1O[C@H](COCCc2cc3ccccc3n2Cc2ccccc2)[C@@H](O)[C@H]1O. The molecule has 1 aliphatic rings. The number of aliphatic hydroxyl groups excluding tert-OH is 2. The van der Waals surface area contributed by atoms with E-state index in [0.717, 1.165) is 12.2 Å². The Morgan fingerprint density at radius 1 is 0.973 bits per heavy atom. The number of hydrogen-bond acceptors (Lipinski definition) is 8. The first-order chi connectivity index (χ1) is 18.1. The monoisotopic (exact) mass is 500 g/mol. The predicted octanol–water partition coefficient (Wildman–Crippen LogP) is 2.29. The molecule has 0 saturated carbocycles. The number of rotatable bonds is 8. The van der Waals surface area contributed by atoms with Gasteiger partial charge in [-0.15, -0.1) is 0 Å². The van der Waals surface area contributed by atoms with E-state index in [4.69, 9.17) is 15.2 Å². The van der Waals surface area contributed by atoms with Crippen molar-refractivity contribution in [3.8, 4) is 0 Å². The number of hydrogen-bond donors (Lipinski definition) is 3. The highest BCUT2D eigenvalue weighted by Gasteiger charge is 2.44. The van der Waals surface area contributed by atoms with Crippen LogP contribution in [0.4, 0.5) is 5.82 Å². The second kappa shape index (κ2) is 9.91. The Kier molecular flexibility index (Phi) is 6.31. The Labute approximate surface area is 212 Å². The summed E-state index contributed by atoms with van der Waals surface area (Å²) in [5, 5.41) is 22.5. The van der Waals surface area contributed by atoms with Crippen LogP contribution in [0.2, 0.25) is 0 Å². The molecule has 0 radical (unpaired) electrons. The first kappa shape index (κ1) is 23.6. The molecular formula is C27H28N6O4. The highest BCUT2D eigenvalue weighted by Crippen LogP contribution is 2.32. The third kappa shape index (κ3) is 4.44. The van der Waals surface area contributed by atoms with E-state index in [1.807, 2.05) is 24.3 Å². The molecule has 10 heteroatoms. The van der Waals surface area contributed by atoms with Crippen molar-refractivity contribution in [3.05, 3.63) is 84.6 Å². The van der Waals surface area contributed by atoms with Crippen LogP contribution in [0.1, 0.15) is 17.5 Å².